The minimum atomic E-state index is 0.301. The molecular weight excluding hydrogens is 218 g/mol. The van der Waals surface area contributed by atoms with E-state index in [1.807, 2.05) is 30.0 Å². The third kappa shape index (κ3) is 3.63. The van der Waals surface area contributed by atoms with Crippen molar-refractivity contribution in [3.8, 4) is 0 Å². The van der Waals surface area contributed by atoms with Gasteiger partial charge in [0, 0.05) is 23.6 Å². The highest BCUT2D eigenvalue weighted by Gasteiger charge is 2.16. The maximum Gasteiger partial charge on any atom is 0.148 e. The van der Waals surface area contributed by atoms with Crippen LogP contribution in [0.4, 0.5) is 0 Å². The van der Waals surface area contributed by atoms with Crippen molar-refractivity contribution in [3.63, 3.8) is 0 Å². The SMILES string of the molecule is O=C(CSC1CCCC1)Cc1ccccn1. The number of carbonyl (C=O) groups is 1. The van der Waals surface area contributed by atoms with Gasteiger partial charge >= 0.3 is 0 Å². The van der Waals surface area contributed by atoms with Gasteiger partial charge in [-0.25, -0.2) is 0 Å². The molecule has 1 aromatic heterocycles. The van der Waals surface area contributed by atoms with Crippen LogP contribution in [-0.4, -0.2) is 21.8 Å². The molecule has 1 fully saturated rings. The van der Waals surface area contributed by atoms with Crippen LogP contribution in [-0.2, 0) is 11.2 Å². The zero-order chi connectivity index (χ0) is 11.2. The predicted octanol–water partition coefficient (Wildman–Crippen LogP) is 2.87. The maximum atomic E-state index is 11.7. The Morgan fingerprint density at radius 1 is 1.38 bits per heavy atom. The minimum absolute atomic E-state index is 0.301. The van der Waals surface area contributed by atoms with Crippen molar-refractivity contribution in [2.75, 3.05) is 5.75 Å². The highest BCUT2D eigenvalue weighted by molar-refractivity contribution is 8.00. The van der Waals surface area contributed by atoms with Gasteiger partial charge in [-0.3, -0.25) is 9.78 Å². The van der Waals surface area contributed by atoms with Gasteiger partial charge in [-0.15, -0.1) is 0 Å². The lowest BCUT2D eigenvalue weighted by molar-refractivity contribution is -0.116. The van der Waals surface area contributed by atoms with Crippen LogP contribution >= 0.6 is 11.8 Å². The number of thioether (sulfide) groups is 1. The van der Waals surface area contributed by atoms with Crippen LogP contribution in [0.15, 0.2) is 24.4 Å². The van der Waals surface area contributed by atoms with Gasteiger partial charge in [-0.2, -0.15) is 11.8 Å². The van der Waals surface area contributed by atoms with Gasteiger partial charge in [0.15, 0.2) is 0 Å². The number of carbonyl (C=O) groups excluding carboxylic acids is 1. The third-order valence-corrected chi connectivity index (χ3v) is 4.32. The topological polar surface area (TPSA) is 30.0 Å². The van der Waals surface area contributed by atoms with Crippen LogP contribution in [0.25, 0.3) is 0 Å². The van der Waals surface area contributed by atoms with Gasteiger partial charge in [-0.1, -0.05) is 18.9 Å². The molecule has 1 aromatic rings. The van der Waals surface area contributed by atoms with Crippen LogP contribution < -0.4 is 0 Å². The summed E-state index contributed by atoms with van der Waals surface area (Å²) in [5.74, 6) is 0.955. The molecule has 1 heterocycles. The van der Waals surface area contributed by atoms with Crippen molar-refractivity contribution in [1.82, 2.24) is 4.98 Å². The molecule has 0 N–H and O–H groups in total. The molecule has 1 saturated carbocycles. The Balaban J connectivity index is 1.72. The molecule has 0 atom stereocenters. The van der Waals surface area contributed by atoms with Crippen molar-refractivity contribution < 1.29 is 4.79 Å². The summed E-state index contributed by atoms with van der Waals surface area (Å²) in [6, 6.07) is 5.72. The van der Waals surface area contributed by atoms with E-state index in [2.05, 4.69) is 4.98 Å². The molecule has 0 aromatic carbocycles. The van der Waals surface area contributed by atoms with Crippen molar-refractivity contribution >= 4 is 17.5 Å². The van der Waals surface area contributed by atoms with Crippen molar-refractivity contribution in [2.45, 2.75) is 37.4 Å². The Hall–Kier alpha value is -0.830. The molecule has 1 aliphatic rings. The second-order valence-corrected chi connectivity index (χ2v) is 5.54. The van der Waals surface area contributed by atoms with Crippen LogP contribution in [0.2, 0.25) is 0 Å². The highest BCUT2D eigenvalue weighted by Crippen LogP contribution is 2.29. The first-order valence-corrected chi connectivity index (χ1v) is 6.92. The summed E-state index contributed by atoms with van der Waals surface area (Å²) in [6.45, 7) is 0. The van der Waals surface area contributed by atoms with Crippen molar-refractivity contribution in [3.05, 3.63) is 30.1 Å². The Kier molecular flexibility index (Phi) is 4.40. The number of aromatic nitrogens is 1. The fraction of sp³-hybridized carbons (Fsp3) is 0.538. The average Bonchev–Trinajstić information content (AvgIpc) is 2.81. The highest BCUT2D eigenvalue weighted by atomic mass is 32.2. The molecule has 3 heteroatoms. The fourth-order valence-corrected chi connectivity index (χ4v) is 3.21. The Labute approximate surface area is 101 Å². The largest absolute Gasteiger partial charge is 0.298 e. The van der Waals surface area contributed by atoms with E-state index in [0.717, 1.165) is 10.9 Å². The monoisotopic (exact) mass is 235 g/mol. The van der Waals surface area contributed by atoms with Gasteiger partial charge in [0.2, 0.25) is 0 Å². The molecule has 16 heavy (non-hydrogen) atoms. The van der Waals surface area contributed by atoms with Gasteiger partial charge in [-0.05, 0) is 25.0 Å². The lowest BCUT2D eigenvalue weighted by atomic mass is 10.2. The zero-order valence-electron chi connectivity index (χ0n) is 9.39. The lowest BCUT2D eigenvalue weighted by Gasteiger charge is -2.07. The second-order valence-electron chi connectivity index (χ2n) is 4.25. The Morgan fingerprint density at radius 2 is 2.19 bits per heavy atom. The van der Waals surface area contributed by atoms with E-state index < -0.39 is 0 Å². The van der Waals surface area contributed by atoms with Crippen LogP contribution in [0.1, 0.15) is 31.4 Å². The van der Waals surface area contributed by atoms with Gasteiger partial charge in [0.05, 0.1) is 5.75 Å². The summed E-state index contributed by atoms with van der Waals surface area (Å²) in [5, 5.41) is 0.729. The van der Waals surface area contributed by atoms with E-state index >= 15 is 0 Å². The molecular formula is C13H17NOS. The van der Waals surface area contributed by atoms with Gasteiger partial charge in [0.25, 0.3) is 0 Å². The quantitative estimate of drug-likeness (QED) is 0.786. The molecule has 0 saturated heterocycles. The molecule has 2 nitrogen and oxygen atoms in total. The fourth-order valence-electron chi connectivity index (χ4n) is 2.02. The first-order chi connectivity index (χ1) is 7.84. The normalized spacial score (nSPS) is 16.5. The summed E-state index contributed by atoms with van der Waals surface area (Å²) < 4.78 is 0. The predicted molar refractivity (Wildman–Crippen MR) is 67.7 cm³/mol. The molecule has 86 valence electrons. The zero-order valence-corrected chi connectivity index (χ0v) is 10.2. The van der Waals surface area contributed by atoms with E-state index in [9.17, 15) is 4.79 Å². The average molecular weight is 235 g/mol. The van der Waals surface area contributed by atoms with E-state index in [0.29, 0.717) is 18.0 Å². The summed E-state index contributed by atoms with van der Waals surface area (Å²) >= 11 is 1.83. The molecule has 0 aliphatic heterocycles. The minimum Gasteiger partial charge on any atom is -0.298 e. The second kappa shape index (κ2) is 6.04. The standard InChI is InChI=1S/C13H17NOS/c15-12(9-11-5-3-4-8-14-11)10-16-13-6-1-2-7-13/h3-5,8,13H,1-2,6-7,9-10H2. The molecule has 0 bridgehead atoms. The van der Waals surface area contributed by atoms with Crippen LogP contribution in [0, 0.1) is 0 Å². The molecule has 0 radical (unpaired) electrons. The number of nitrogens with zero attached hydrogens (tertiary/aromatic N) is 1. The van der Waals surface area contributed by atoms with Gasteiger partial charge in [0.1, 0.15) is 5.78 Å². The number of hydrogen-bond donors (Lipinski definition) is 0. The van der Waals surface area contributed by atoms with Crippen LogP contribution in [0.3, 0.4) is 0 Å². The van der Waals surface area contributed by atoms with Crippen molar-refractivity contribution in [1.29, 1.82) is 0 Å². The Morgan fingerprint density at radius 3 is 2.88 bits per heavy atom. The summed E-state index contributed by atoms with van der Waals surface area (Å²) in [4.78, 5) is 15.9. The number of pyridine rings is 1. The molecule has 0 spiro atoms. The first kappa shape index (κ1) is 11.6. The lowest BCUT2D eigenvalue weighted by Crippen LogP contribution is -2.09. The van der Waals surface area contributed by atoms with E-state index in [1.54, 1.807) is 6.20 Å². The molecule has 0 unspecified atom stereocenters. The van der Waals surface area contributed by atoms with E-state index in [-0.39, 0.29) is 0 Å². The first-order valence-electron chi connectivity index (χ1n) is 5.88. The van der Waals surface area contributed by atoms with Crippen LogP contribution in [0.5, 0.6) is 0 Å². The Bertz CT molecular complexity index is 333. The number of rotatable bonds is 5. The summed E-state index contributed by atoms with van der Waals surface area (Å²) in [7, 11) is 0. The maximum absolute atomic E-state index is 11.7. The number of hydrogen-bond acceptors (Lipinski definition) is 3. The van der Waals surface area contributed by atoms with Gasteiger partial charge < -0.3 is 0 Å². The smallest absolute Gasteiger partial charge is 0.148 e. The molecule has 2 rings (SSSR count). The molecule has 1 aliphatic carbocycles. The van der Waals surface area contributed by atoms with E-state index in [4.69, 9.17) is 0 Å². The molecule has 0 amide bonds. The third-order valence-electron chi connectivity index (χ3n) is 2.89. The summed E-state index contributed by atoms with van der Waals surface area (Å²) in [6.07, 6.45) is 7.49. The number of ketones is 1. The van der Waals surface area contributed by atoms with E-state index in [1.165, 1.54) is 25.7 Å². The number of Topliss-reactive ketones (excluding diaryl/α,β-unsaturated/α-hetero) is 1. The summed E-state index contributed by atoms with van der Waals surface area (Å²) in [5.41, 5.74) is 0.888. The van der Waals surface area contributed by atoms with Crippen molar-refractivity contribution in [2.24, 2.45) is 0 Å².